The number of rotatable bonds is 3. The maximum atomic E-state index is 12.0. The summed E-state index contributed by atoms with van der Waals surface area (Å²) in [7, 11) is 0. The molecular formula is C19H12BrN3O2S2. The Morgan fingerprint density at radius 1 is 1.15 bits per heavy atom. The first-order valence-electron chi connectivity index (χ1n) is 7.91. The first-order valence-corrected chi connectivity index (χ1v) is 9.99. The standard InChI is InChI=1S/C19H12BrN3O2S2/c20-12-5-3-11(4-6-12)18-22-14-10-13(7-8-15(14)25-18)21-19(26)23-17(24)16-2-1-9-27-16/h1-10H,(H2,21,23,24,26). The lowest BCUT2D eigenvalue weighted by Crippen LogP contribution is -2.33. The van der Waals surface area contributed by atoms with Crippen molar-refractivity contribution >= 4 is 67.3 Å². The van der Waals surface area contributed by atoms with Crippen LogP contribution in [0.1, 0.15) is 9.67 Å². The number of anilines is 1. The number of oxazole rings is 1. The fourth-order valence-electron chi connectivity index (χ4n) is 2.46. The number of carbonyl (C=O) groups excluding carboxylic acids is 1. The fraction of sp³-hybridized carbons (Fsp3) is 0. The summed E-state index contributed by atoms with van der Waals surface area (Å²) in [6.07, 6.45) is 0. The van der Waals surface area contributed by atoms with Gasteiger partial charge < -0.3 is 9.73 Å². The number of nitrogens with zero attached hydrogens (tertiary/aromatic N) is 1. The van der Waals surface area contributed by atoms with Gasteiger partial charge in [0.15, 0.2) is 10.7 Å². The van der Waals surface area contributed by atoms with E-state index in [2.05, 4.69) is 31.5 Å². The predicted octanol–water partition coefficient (Wildman–Crippen LogP) is 5.45. The summed E-state index contributed by atoms with van der Waals surface area (Å²) in [5, 5.41) is 7.72. The lowest BCUT2D eigenvalue weighted by atomic mass is 10.2. The molecule has 4 aromatic rings. The topological polar surface area (TPSA) is 67.2 Å². The zero-order valence-corrected chi connectivity index (χ0v) is 17.0. The number of aromatic nitrogens is 1. The Bertz CT molecular complexity index is 1120. The van der Waals surface area contributed by atoms with E-state index in [4.69, 9.17) is 16.6 Å². The molecule has 2 N–H and O–H groups in total. The Morgan fingerprint density at radius 2 is 1.96 bits per heavy atom. The van der Waals surface area contributed by atoms with Crippen LogP contribution in [0.5, 0.6) is 0 Å². The number of hydrogen-bond acceptors (Lipinski definition) is 5. The highest BCUT2D eigenvalue weighted by molar-refractivity contribution is 9.10. The number of amides is 1. The van der Waals surface area contributed by atoms with Gasteiger partial charge in [-0.1, -0.05) is 22.0 Å². The second-order valence-corrected chi connectivity index (χ2v) is 7.87. The fourth-order valence-corrected chi connectivity index (χ4v) is 3.55. The molecule has 0 spiro atoms. The van der Waals surface area contributed by atoms with Crippen LogP contribution >= 0.6 is 39.5 Å². The number of thiophene rings is 1. The van der Waals surface area contributed by atoms with Gasteiger partial charge in [0.25, 0.3) is 5.91 Å². The van der Waals surface area contributed by atoms with Crippen LogP contribution in [0, 0.1) is 0 Å². The maximum Gasteiger partial charge on any atom is 0.267 e. The number of halogens is 1. The lowest BCUT2D eigenvalue weighted by molar-refractivity contribution is 0.0981. The van der Waals surface area contributed by atoms with Crippen LogP contribution in [-0.4, -0.2) is 16.0 Å². The Hall–Kier alpha value is -2.55. The van der Waals surface area contributed by atoms with Gasteiger partial charge in [-0.2, -0.15) is 0 Å². The van der Waals surface area contributed by atoms with Crippen molar-refractivity contribution in [2.45, 2.75) is 0 Å². The van der Waals surface area contributed by atoms with E-state index in [1.165, 1.54) is 11.3 Å². The van der Waals surface area contributed by atoms with Crippen molar-refractivity contribution < 1.29 is 9.21 Å². The Balaban J connectivity index is 1.50. The quantitative estimate of drug-likeness (QED) is 0.400. The van der Waals surface area contributed by atoms with Crippen LogP contribution in [-0.2, 0) is 0 Å². The van der Waals surface area contributed by atoms with Gasteiger partial charge in [0.05, 0.1) is 4.88 Å². The van der Waals surface area contributed by atoms with Crippen LogP contribution in [0.15, 0.2) is 68.9 Å². The molecule has 27 heavy (non-hydrogen) atoms. The van der Waals surface area contributed by atoms with Crippen LogP contribution in [0.3, 0.4) is 0 Å². The van der Waals surface area contributed by atoms with E-state index in [1.54, 1.807) is 6.07 Å². The third-order valence-electron chi connectivity index (χ3n) is 3.71. The average molecular weight is 458 g/mol. The number of thiocarbonyl (C=S) groups is 1. The molecule has 4 rings (SSSR count). The highest BCUT2D eigenvalue weighted by atomic mass is 79.9. The smallest absolute Gasteiger partial charge is 0.267 e. The number of hydrogen-bond donors (Lipinski definition) is 2. The van der Waals surface area contributed by atoms with E-state index < -0.39 is 0 Å². The summed E-state index contributed by atoms with van der Waals surface area (Å²) in [6, 6.07) is 16.8. The zero-order chi connectivity index (χ0) is 18.8. The van der Waals surface area contributed by atoms with Crippen molar-refractivity contribution in [3.63, 3.8) is 0 Å². The molecular weight excluding hydrogens is 446 g/mol. The summed E-state index contributed by atoms with van der Waals surface area (Å²) in [4.78, 5) is 17.2. The summed E-state index contributed by atoms with van der Waals surface area (Å²) >= 11 is 9.99. The Morgan fingerprint density at radius 3 is 2.70 bits per heavy atom. The SMILES string of the molecule is O=C(NC(=S)Nc1ccc2oc(-c3ccc(Br)cc3)nc2c1)c1cccs1. The molecule has 0 aliphatic carbocycles. The normalized spacial score (nSPS) is 10.7. The molecule has 8 heteroatoms. The largest absolute Gasteiger partial charge is 0.436 e. The number of benzene rings is 2. The monoisotopic (exact) mass is 457 g/mol. The molecule has 0 atom stereocenters. The van der Waals surface area contributed by atoms with Crippen molar-refractivity contribution in [2.75, 3.05) is 5.32 Å². The molecule has 0 fully saturated rings. The minimum Gasteiger partial charge on any atom is -0.436 e. The first kappa shape index (κ1) is 17.8. The third-order valence-corrected chi connectivity index (χ3v) is 5.31. The minimum absolute atomic E-state index is 0.226. The molecule has 2 aromatic carbocycles. The van der Waals surface area contributed by atoms with Crippen molar-refractivity contribution in [1.29, 1.82) is 0 Å². The summed E-state index contributed by atoms with van der Waals surface area (Å²) < 4.78 is 6.80. The first-order chi connectivity index (χ1) is 13.1. The van der Waals surface area contributed by atoms with Gasteiger partial charge >= 0.3 is 0 Å². The summed E-state index contributed by atoms with van der Waals surface area (Å²) in [5.74, 6) is 0.311. The molecule has 0 saturated heterocycles. The molecule has 0 saturated carbocycles. The molecule has 2 aromatic heterocycles. The van der Waals surface area contributed by atoms with Gasteiger partial charge in [-0.05, 0) is 66.1 Å². The molecule has 0 aliphatic heterocycles. The van der Waals surface area contributed by atoms with Gasteiger partial charge in [-0.25, -0.2) is 4.98 Å². The number of nitrogens with one attached hydrogen (secondary N) is 2. The van der Waals surface area contributed by atoms with Crippen molar-refractivity contribution in [1.82, 2.24) is 10.3 Å². The Kier molecular flexibility index (Phi) is 5.02. The van der Waals surface area contributed by atoms with Crippen molar-refractivity contribution in [3.8, 4) is 11.5 Å². The van der Waals surface area contributed by atoms with Gasteiger partial charge in [0, 0.05) is 15.7 Å². The van der Waals surface area contributed by atoms with E-state index in [9.17, 15) is 4.79 Å². The molecule has 5 nitrogen and oxygen atoms in total. The van der Waals surface area contributed by atoms with Gasteiger partial charge in [0.1, 0.15) is 5.52 Å². The van der Waals surface area contributed by atoms with E-state index in [-0.39, 0.29) is 11.0 Å². The molecule has 0 bridgehead atoms. The number of fused-ring (bicyclic) bond motifs is 1. The van der Waals surface area contributed by atoms with E-state index in [0.29, 0.717) is 21.9 Å². The van der Waals surface area contributed by atoms with E-state index in [0.717, 1.165) is 15.7 Å². The lowest BCUT2D eigenvalue weighted by Gasteiger charge is -2.08. The summed E-state index contributed by atoms with van der Waals surface area (Å²) in [6.45, 7) is 0. The van der Waals surface area contributed by atoms with Gasteiger partial charge in [0.2, 0.25) is 5.89 Å². The van der Waals surface area contributed by atoms with Crippen LogP contribution < -0.4 is 10.6 Å². The number of carbonyl (C=O) groups is 1. The maximum absolute atomic E-state index is 12.0. The van der Waals surface area contributed by atoms with E-state index >= 15 is 0 Å². The van der Waals surface area contributed by atoms with Crippen LogP contribution in [0.25, 0.3) is 22.6 Å². The predicted molar refractivity (Wildman–Crippen MR) is 115 cm³/mol. The zero-order valence-electron chi connectivity index (χ0n) is 13.7. The van der Waals surface area contributed by atoms with Crippen LogP contribution in [0.2, 0.25) is 0 Å². The van der Waals surface area contributed by atoms with Crippen molar-refractivity contribution in [3.05, 3.63) is 69.3 Å². The molecule has 1 amide bonds. The van der Waals surface area contributed by atoms with Gasteiger partial charge in [-0.15, -0.1) is 11.3 Å². The summed E-state index contributed by atoms with van der Waals surface area (Å²) in [5.41, 5.74) is 2.98. The molecule has 134 valence electrons. The highest BCUT2D eigenvalue weighted by Crippen LogP contribution is 2.27. The second kappa shape index (κ2) is 7.59. The molecule has 0 unspecified atom stereocenters. The Labute approximate surface area is 172 Å². The van der Waals surface area contributed by atoms with Crippen molar-refractivity contribution in [2.24, 2.45) is 0 Å². The average Bonchev–Trinajstić information content (AvgIpc) is 3.31. The highest BCUT2D eigenvalue weighted by Gasteiger charge is 2.11. The van der Waals surface area contributed by atoms with Gasteiger partial charge in [-0.3, -0.25) is 10.1 Å². The van der Waals surface area contributed by atoms with Crippen LogP contribution in [0.4, 0.5) is 5.69 Å². The van der Waals surface area contributed by atoms with E-state index in [1.807, 2.05) is 53.9 Å². The minimum atomic E-state index is -0.234. The molecule has 0 aliphatic rings. The molecule has 0 radical (unpaired) electrons. The second-order valence-electron chi connectivity index (χ2n) is 5.59. The third kappa shape index (κ3) is 4.08. The molecule has 2 heterocycles.